The maximum atomic E-state index is 13.6. The molecule has 0 spiro atoms. The summed E-state index contributed by atoms with van der Waals surface area (Å²) >= 11 is 0. The van der Waals surface area contributed by atoms with Crippen LogP contribution in [0.4, 0.5) is 5.69 Å². The van der Waals surface area contributed by atoms with Gasteiger partial charge < -0.3 is 16.0 Å². The Labute approximate surface area is 188 Å². The number of anilines is 1. The molecule has 4 rings (SSSR count). The van der Waals surface area contributed by atoms with Crippen molar-refractivity contribution in [3.05, 3.63) is 72.1 Å². The van der Waals surface area contributed by atoms with Crippen molar-refractivity contribution in [1.82, 2.24) is 10.3 Å². The highest BCUT2D eigenvalue weighted by Crippen LogP contribution is 2.33. The van der Waals surface area contributed by atoms with E-state index >= 15 is 0 Å². The Morgan fingerprint density at radius 3 is 2.71 bits per heavy atom. The lowest BCUT2D eigenvalue weighted by Gasteiger charge is -2.27. The van der Waals surface area contributed by atoms with Crippen LogP contribution in [0.15, 0.2) is 60.9 Å². The molecule has 0 radical (unpaired) electrons. The molecule has 7 heteroatoms. The van der Waals surface area contributed by atoms with Crippen molar-refractivity contribution < 1.29 is 9.59 Å². The fourth-order valence-corrected chi connectivity index (χ4v) is 4.30. The molecule has 2 aromatic carbocycles. The van der Waals surface area contributed by atoms with Crippen LogP contribution in [0.1, 0.15) is 24.0 Å². The lowest BCUT2D eigenvalue weighted by molar-refractivity contribution is -0.124. The van der Waals surface area contributed by atoms with E-state index in [1.807, 2.05) is 53.7 Å². The number of nitrogens with one attached hydrogen (secondary N) is 1. The van der Waals surface area contributed by atoms with E-state index in [9.17, 15) is 9.59 Å². The molecule has 0 saturated heterocycles. The van der Waals surface area contributed by atoms with Gasteiger partial charge in [0.25, 0.3) is 0 Å². The molecule has 6 nitrogen and oxygen atoms in total. The number of aromatic nitrogens is 1. The minimum absolute atomic E-state index is 0. The highest BCUT2D eigenvalue weighted by Gasteiger charge is 2.33. The molecular weight excluding hydrogens is 412 g/mol. The Balaban J connectivity index is 0.00000272. The van der Waals surface area contributed by atoms with E-state index in [2.05, 4.69) is 22.4 Å². The summed E-state index contributed by atoms with van der Waals surface area (Å²) in [7, 11) is 1.70. The van der Waals surface area contributed by atoms with E-state index in [1.54, 1.807) is 7.05 Å². The molecule has 0 unspecified atom stereocenters. The van der Waals surface area contributed by atoms with Gasteiger partial charge in [-0.05, 0) is 48.9 Å². The number of carbonyl (C=O) groups excluding carboxylic acids is 2. The first kappa shape index (κ1) is 22.7. The van der Waals surface area contributed by atoms with Gasteiger partial charge in [0, 0.05) is 29.4 Å². The monoisotopic (exact) mass is 438 g/mol. The summed E-state index contributed by atoms with van der Waals surface area (Å²) < 4.78 is 0. The molecule has 1 aromatic heterocycles. The van der Waals surface area contributed by atoms with Crippen molar-refractivity contribution in [2.24, 2.45) is 11.7 Å². The van der Waals surface area contributed by atoms with E-state index in [0.717, 1.165) is 34.0 Å². The van der Waals surface area contributed by atoms with Gasteiger partial charge in [0.05, 0.1) is 12.6 Å². The van der Waals surface area contributed by atoms with Gasteiger partial charge in [-0.1, -0.05) is 42.5 Å². The van der Waals surface area contributed by atoms with E-state index in [4.69, 9.17) is 5.73 Å². The van der Waals surface area contributed by atoms with E-state index in [-0.39, 0.29) is 24.2 Å². The third-order valence-electron chi connectivity index (χ3n) is 5.95. The Morgan fingerprint density at radius 1 is 1.19 bits per heavy atom. The smallest absolute Gasteiger partial charge is 0.234 e. The van der Waals surface area contributed by atoms with Crippen LogP contribution in [0.5, 0.6) is 0 Å². The number of aryl methyl sites for hydroxylation is 1. The number of benzene rings is 2. The van der Waals surface area contributed by atoms with Gasteiger partial charge in [0.1, 0.15) is 0 Å². The number of fused-ring (bicyclic) bond motifs is 2. The Bertz CT molecular complexity index is 1080. The second-order valence-electron chi connectivity index (χ2n) is 7.79. The van der Waals surface area contributed by atoms with Crippen LogP contribution < -0.4 is 16.0 Å². The molecule has 0 aliphatic carbocycles. The van der Waals surface area contributed by atoms with Crippen LogP contribution in [-0.2, 0) is 22.6 Å². The number of nitrogens with two attached hydrogens (primary N) is 1. The van der Waals surface area contributed by atoms with Gasteiger partial charge in [0.2, 0.25) is 11.8 Å². The summed E-state index contributed by atoms with van der Waals surface area (Å²) in [5.41, 5.74) is 8.59. The molecule has 0 bridgehead atoms. The number of hydrogen-bond donors (Lipinski definition) is 2. The fraction of sp³-hybridized carbons (Fsp3) is 0.292. The second kappa shape index (κ2) is 9.90. The average Bonchev–Trinajstić information content (AvgIpc) is 2.89. The lowest BCUT2D eigenvalue weighted by Crippen LogP contribution is -2.44. The molecular formula is C24H27ClN4O2. The summed E-state index contributed by atoms with van der Waals surface area (Å²) in [6, 6.07) is 15.6. The van der Waals surface area contributed by atoms with Crippen LogP contribution in [0.25, 0.3) is 10.8 Å². The third-order valence-corrected chi connectivity index (χ3v) is 5.95. The first-order valence-corrected chi connectivity index (χ1v) is 10.3. The van der Waals surface area contributed by atoms with E-state index < -0.39 is 11.9 Å². The minimum atomic E-state index is -0.527. The summed E-state index contributed by atoms with van der Waals surface area (Å²) in [5, 5.41) is 5.08. The number of amides is 2. The third kappa shape index (κ3) is 4.70. The zero-order valence-electron chi connectivity index (χ0n) is 17.5. The maximum absolute atomic E-state index is 13.6. The molecule has 2 atom stereocenters. The number of nitrogens with zero attached hydrogens (tertiary/aromatic N) is 2. The predicted molar refractivity (Wildman–Crippen MR) is 125 cm³/mol. The van der Waals surface area contributed by atoms with Gasteiger partial charge in [-0.15, -0.1) is 12.4 Å². The van der Waals surface area contributed by atoms with Crippen LogP contribution in [-0.4, -0.2) is 29.9 Å². The number of likely N-dealkylation sites (N-methyl/N-ethyl adjacent to an activating group) is 1. The van der Waals surface area contributed by atoms with Crippen molar-refractivity contribution in [3.63, 3.8) is 0 Å². The first-order chi connectivity index (χ1) is 14.6. The van der Waals surface area contributed by atoms with Crippen LogP contribution in [0.3, 0.4) is 0 Å². The number of pyridine rings is 1. The highest BCUT2D eigenvalue weighted by molar-refractivity contribution is 5.97. The van der Waals surface area contributed by atoms with Crippen LogP contribution in [0, 0.1) is 5.92 Å². The molecule has 31 heavy (non-hydrogen) atoms. The van der Waals surface area contributed by atoms with Crippen molar-refractivity contribution in [3.8, 4) is 0 Å². The standard InChI is InChI=1S/C24H26N4O2.ClH/c1-26-21(23(25)29)12-17-11-10-16-6-3-5-9-22(16)28(24(17)30)15-19-14-27-13-18-7-2-4-8-20(18)19;/h2-9,13-14,17,21,26H,10-12,15H2,1H3,(H2,25,29);1H/t17-,21-;/m0./s1. The van der Waals surface area contributed by atoms with Crippen molar-refractivity contribution >= 4 is 40.7 Å². The van der Waals surface area contributed by atoms with Gasteiger partial charge in [-0.2, -0.15) is 0 Å². The zero-order chi connectivity index (χ0) is 21.1. The largest absolute Gasteiger partial charge is 0.368 e. The van der Waals surface area contributed by atoms with Crippen molar-refractivity contribution in [1.29, 1.82) is 0 Å². The molecule has 2 amide bonds. The van der Waals surface area contributed by atoms with Gasteiger partial charge in [0.15, 0.2) is 0 Å². The zero-order valence-corrected chi connectivity index (χ0v) is 18.3. The SMILES string of the molecule is CN[C@@H](C[C@@H]1CCc2ccccc2N(Cc2cncc3ccccc23)C1=O)C(N)=O.Cl. The molecule has 3 aromatic rings. The molecule has 0 saturated carbocycles. The summed E-state index contributed by atoms with van der Waals surface area (Å²) in [6.07, 6.45) is 5.53. The highest BCUT2D eigenvalue weighted by atomic mass is 35.5. The lowest BCUT2D eigenvalue weighted by atomic mass is 9.93. The number of para-hydroxylation sites is 1. The number of primary amides is 1. The second-order valence-corrected chi connectivity index (χ2v) is 7.79. The quantitative estimate of drug-likeness (QED) is 0.618. The van der Waals surface area contributed by atoms with Gasteiger partial charge in [-0.3, -0.25) is 14.6 Å². The first-order valence-electron chi connectivity index (χ1n) is 10.3. The Kier molecular flexibility index (Phi) is 7.25. The fourth-order valence-electron chi connectivity index (χ4n) is 4.30. The number of halogens is 1. The molecule has 162 valence electrons. The average molecular weight is 439 g/mol. The maximum Gasteiger partial charge on any atom is 0.234 e. The molecule has 2 heterocycles. The molecule has 1 aliphatic rings. The van der Waals surface area contributed by atoms with Crippen LogP contribution in [0.2, 0.25) is 0 Å². The normalized spacial score (nSPS) is 16.9. The number of rotatable bonds is 6. The van der Waals surface area contributed by atoms with Crippen molar-refractivity contribution in [2.45, 2.75) is 31.8 Å². The van der Waals surface area contributed by atoms with E-state index in [1.165, 1.54) is 0 Å². The summed E-state index contributed by atoms with van der Waals surface area (Å²) in [6.45, 7) is 0.432. The Hall–Kier alpha value is -2.96. The molecule has 0 fully saturated rings. The van der Waals surface area contributed by atoms with Crippen LogP contribution >= 0.6 is 12.4 Å². The topological polar surface area (TPSA) is 88.3 Å². The minimum Gasteiger partial charge on any atom is -0.368 e. The number of hydrogen-bond acceptors (Lipinski definition) is 4. The van der Waals surface area contributed by atoms with Gasteiger partial charge >= 0.3 is 0 Å². The molecule has 3 N–H and O–H groups in total. The van der Waals surface area contributed by atoms with Crippen molar-refractivity contribution in [2.75, 3.05) is 11.9 Å². The Morgan fingerprint density at radius 2 is 1.94 bits per heavy atom. The summed E-state index contributed by atoms with van der Waals surface area (Å²) in [4.78, 5) is 31.6. The van der Waals surface area contributed by atoms with Gasteiger partial charge in [-0.25, -0.2) is 0 Å². The molecule has 1 aliphatic heterocycles. The summed E-state index contributed by atoms with van der Waals surface area (Å²) in [5.74, 6) is -0.698. The van der Waals surface area contributed by atoms with E-state index in [0.29, 0.717) is 19.4 Å². The predicted octanol–water partition coefficient (Wildman–Crippen LogP) is 3.22. The number of carbonyl (C=O) groups is 2.